The number of hydrogen-bond acceptors (Lipinski definition) is 3. The van der Waals surface area contributed by atoms with Crippen LogP contribution in [0, 0.1) is 19.8 Å². The van der Waals surface area contributed by atoms with E-state index in [0.29, 0.717) is 17.4 Å². The zero-order valence-corrected chi connectivity index (χ0v) is 17.7. The van der Waals surface area contributed by atoms with Crippen molar-refractivity contribution in [2.75, 3.05) is 0 Å². The van der Waals surface area contributed by atoms with E-state index in [1.165, 1.54) is 12.8 Å². The van der Waals surface area contributed by atoms with E-state index >= 15 is 0 Å². The maximum atomic E-state index is 12.5. The van der Waals surface area contributed by atoms with Gasteiger partial charge in [-0.2, -0.15) is 0 Å². The van der Waals surface area contributed by atoms with Crippen LogP contribution in [0.25, 0.3) is 0 Å². The van der Waals surface area contributed by atoms with Crippen LogP contribution < -0.4 is 9.05 Å². The molecule has 0 aliphatic heterocycles. The molecule has 4 nitrogen and oxygen atoms in total. The molecule has 2 unspecified atom stereocenters. The van der Waals surface area contributed by atoms with Crippen LogP contribution in [-0.4, -0.2) is 4.89 Å². The second-order valence-electron chi connectivity index (χ2n) is 7.20. The zero-order valence-electron chi connectivity index (χ0n) is 16.8. The van der Waals surface area contributed by atoms with Gasteiger partial charge in [0.1, 0.15) is 11.5 Å². The largest absolute Gasteiger partial charge is 0.584 e. The van der Waals surface area contributed by atoms with Gasteiger partial charge >= 0.3 is 7.82 Å². The number of benzene rings is 2. The fraction of sp³-hybridized carbons (Fsp3) is 0.455. The Morgan fingerprint density at radius 2 is 1.67 bits per heavy atom. The van der Waals surface area contributed by atoms with Gasteiger partial charge in [0.2, 0.25) is 0 Å². The first kappa shape index (κ1) is 21.5. The van der Waals surface area contributed by atoms with Crippen LogP contribution in [0.5, 0.6) is 11.5 Å². The van der Waals surface area contributed by atoms with Crippen molar-refractivity contribution in [1.82, 2.24) is 0 Å². The van der Waals surface area contributed by atoms with Gasteiger partial charge in [-0.3, -0.25) is 4.89 Å². The molecule has 2 aromatic rings. The molecular weight excluding hydrogens is 359 g/mol. The maximum absolute atomic E-state index is 12.5. The second kappa shape index (κ2) is 9.96. The summed E-state index contributed by atoms with van der Waals surface area (Å²) in [6, 6.07) is 12.7. The number of hydrogen-bond donors (Lipinski definition) is 1. The maximum Gasteiger partial charge on any atom is 0.584 e. The predicted molar refractivity (Wildman–Crippen MR) is 110 cm³/mol. The molecule has 5 heteroatoms. The van der Waals surface area contributed by atoms with Gasteiger partial charge in [0, 0.05) is 0 Å². The van der Waals surface area contributed by atoms with Crippen LogP contribution in [0.3, 0.4) is 0 Å². The van der Waals surface area contributed by atoms with Gasteiger partial charge in [0.05, 0.1) is 0 Å². The highest BCUT2D eigenvalue weighted by Gasteiger charge is 2.26. The summed E-state index contributed by atoms with van der Waals surface area (Å²) >= 11 is 0. The van der Waals surface area contributed by atoms with E-state index in [-0.39, 0.29) is 0 Å². The molecule has 148 valence electrons. The highest BCUT2D eigenvalue weighted by atomic mass is 31.2. The van der Waals surface area contributed by atoms with Crippen molar-refractivity contribution in [3.8, 4) is 11.5 Å². The first-order chi connectivity index (χ1) is 12.8. The topological polar surface area (TPSA) is 55.8 Å². The Labute approximate surface area is 163 Å². The SMILES string of the molecule is CCCCC(CC)Cc1cc(C)ccc1OP(=O)(O)Oc1ccc(C)cc1. The van der Waals surface area contributed by atoms with Crippen molar-refractivity contribution in [1.29, 1.82) is 0 Å². The molecule has 2 atom stereocenters. The van der Waals surface area contributed by atoms with Crippen molar-refractivity contribution in [3.63, 3.8) is 0 Å². The fourth-order valence-corrected chi connectivity index (χ4v) is 3.94. The van der Waals surface area contributed by atoms with E-state index in [9.17, 15) is 9.46 Å². The second-order valence-corrected chi connectivity index (χ2v) is 8.50. The highest BCUT2D eigenvalue weighted by molar-refractivity contribution is 7.48. The summed E-state index contributed by atoms with van der Waals surface area (Å²) in [6.45, 7) is 8.34. The van der Waals surface area contributed by atoms with Gasteiger partial charge in [0.15, 0.2) is 0 Å². The zero-order chi connectivity index (χ0) is 19.9. The van der Waals surface area contributed by atoms with Crippen LogP contribution in [0.4, 0.5) is 0 Å². The molecule has 0 spiro atoms. The van der Waals surface area contributed by atoms with Crippen LogP contribution in [0.1, 0.15) is 56.2 Å². The summed E-state index contributed by atoms with van der Waals surface area (Å²) in [7, 11) is -4.27. The molecule has 0 aromatic heterocycles. The molecule has 0 amide bonds. The Morgan fingerprint density at radius 3 is 2.30 bits per heavy atom. The van der Waals surface area contributed by atoms with Crippen molar-refractivity contribution in [3.05, 3.63) is 59.2 Å². The van der Waals surface area contributed by atoms with E-state index < -0.39 is 7.82 Å². The Balaban J connectivity index is 2.16. The van der Waals surface area contributed by atoms with Gasteiger partial charge in [-0.1, -0.05) is 74.9 Å². The average molecular weight is 390 g/mol. The van der Waals surface area contributed by atoms with Crippen LogP contribution >= 0.6 is 7.82 Å². The van der Waals surface area contributed by atoms with Crippen LogP contribution in [0.2, 0.25) is 0 Å². The molecule has 0 heterocycles. The summed E-state index contributed by atoms with van der Waals surface area (Å²) in [6.07, 6.45) is 5.42. The minimum absolute atomic E-state index is 0.314. The van der Waals surface area contributed by atoms with Crippen LogP contribution in [-0.2, 0) is 11.0 Å². The number of phosphoric acid groups is 1. The fourth-order valence-electron chi connectivity index (χ4n) is 3.09. The molecular formula is C22H31O4P. The Morgan fingerprint density at radius 1 is 1.00 bits per heavy atom. The minimum atomic E-state index is -4.27. The predicted octanol–water partition coefficient (Wildman–Crippen LogP) is 6.62. The molecule has 0 aliphatic rings. The third-order valence-electron chi connectivity index (χ3n) is 4.72. The lowest BCUT2D eigenvalue weighted by atomic mass is 9.91. The summed E-state index contributed by atoms with van der Waals surface area (Å²) in [4.78, 5) is 10.2. The third-order valence-corrected chi connectivity index (χ3v) is 5.59. The minimum Gasteiger partial charge on any atom is -0.395 e. The lowest BCUT2D eigenvalue weighted by molar-refractivity contribution is 0.289. The van der Waals surface area contributed by atoms with Gasteiger partial charge in [-0.15, -0.1) is 0 Å². The molecule has 0 bridgehead atoms. The van der Waals surface area contributed by atoms with Crippen molar-refractivity contribution in [2.45, 2.75) is 59.8 Å². The summed E-state index contributed by atoms with van der Waals surface area (Å²) in [5, 5.41) is 0. The van der Waals surface area contributed by atoms with Crippen molar-refractivity contribution >= 4 is 7.82 Å². The van der Waals surface area contributed by atoms with Gasteiger partial charge in [-0.05, 0) is 49.9 Å². The standard InChI is InChI=1S/C22H31O4P/c1-5-7-8-19(6-2)16-20-15-18(4)11-14-22(20)26-27(23,24)25-21-12-9-17(3)10-13-21/h9-15,19H,5-8,16H2,1-4H3,(H,23,24). The number of phosphoric ester groups is 1. The monoisotopic (exact) mass is 390 g/mol. The molecule has 27 heavy (non-hydrogen) atoms. The smallest absolute Gasteiger partial charge is 0.395 e. The molecule has 0 radical (unpaired) electrons. The molecule has 0 aliphatic carbocycles. The van der Waals surface area contributed by atoms with Crippen molar-refractivity contribution < 1.29 is 18.5 Å². The molecule has 0 saturated carbocycles. The first-order valence-electron chi connectivity index (χ1n) is 9.71. The summed E-state index contributed by atoms with van der Waals surface area (Å²) < 4.78 is 23.2. The molecule has 2 aromatic carbocycles. The van der Waals surface area contributed by atoms with Gasteiger partial charge < -0.3 is 9.05 Å². The molecule has 1 N–H and O–H groups in total. The summed E-state index contributed by atoms with van der Waals surface area (Å²) in [5.41, 5.74) is 3.12. The average Bonchev–Trinajstić information content (AvgIpc) is 2.62. The van der Waals surface area contributed by atoms with E-state index in [0.717, 1.165) is 36.0 Å². The normalized spacial score (nSPS) is 14.4. The molecule has 0 saturated heterocycles. The van der Waals surface area contributed by atoms with E-state index in [1.807, 2.05) is 38.1 Å². The Kier molecular flexibility index (Phi) is 7.94. The Hall–Kier alpha value is -1.77. The highest BCUT2D eigenvalue weighted by Crippen LogP contribution is 2.45. The van der Waals surface area contributed by atoms with Crippen LogP contribution in [0.15, 0.2) is 42.5 Å². The van der Waals surface area contributed by atoms with E-state index in [2.05, 4.69) is 13.8 Å². The first-order valence-corrected chi connectivity index (χ1v) is 11.2. The van der Waals surface area contributed by atoms with E-state index in [4.69, 9.17) is 9.05 Å². The third kappa shape index (κ3) is 7.04. The lowest BCUT2D eigenvalue weighted by Gasteiger charge is -2.20. The van der Waals surface area contributed by atoms with E-state index in [1.54, 1.807) is 18.2 Å². The van der Waals surface area contributed by atoms with Gasteiger partial charge in [0.25, 0.3) is 0 Å². The molecule has 2 rings (SSSR count). The molecule has 0 fully saturated rings. The number of unbranched alkanes of at least 4 members (excludes halogenated alkanes) is 1. The van der Waals surface area contributed by atoms with Gasteiger partial charge in [-0.25, -0.2) is 4.57 Å². The Bertz CT molecular complexity index is 770. The quantitative estimate of drug-likeness (QED) is 0.463. The summed E-state index contributed by atoms with van der Waals surface area (Å²) in [5.74, 6) is 1.27. The lowest BCUT2D eigenvalue weighted by Crippen LogP contribution is -2.07. The van der Waals surface area contributed by atoms with Crippen molar-refractivity contribution in [2.24, 2.45) is 5.92 Å². The number of rotatable bonds is 10. The number of aryl methyl sites for hydroxylation is 2.